The summed E-state index contributed by atoms with van der Waals surface area (Å²) in [6, 6.07) is 9.17. The van der Waals surface area contributed by atoms with Gasteiger partial charge in [0.25, 0.3) is 0 Å². The van der Waals surface area contributed by atoms with E-state index in [1.165, 1.54) is 12.8 Å². The molecule has 6 nitrogen and oxygen atoms in total. The number of rotatable bonds is 10. The highest BCUT2D eigenvalue weighted by molar-refractivity contribution is 5.93. The van der Waals surface area contributed by atoms with Gasteiger partial charge in [-0.1, -0.05) is 6.07 Å². The van der Waals surface area contributed by atoms with E-state index in [0.717, 1.165) is 36.4 Å². The number of nitrogens with one attached hydrogen (secondary N) is 2. The monoisotopic (exact) mass is 348 g/mol. The molecule has 2 N–H and O–H groups in total. The highest BCUT2D eigenvalue weighted by Gasteiger charge is 2.28. The van der Waals surface area contributed by atoms with Crippen molar-refractivity contribution in [2.24, 2.45) is 4.99 Å². The van der Waals surface area contributed by atoms with Crippen LogP contribution in [0.5, 0.6) is 5.75 Å². The minimum absolute atomic E-state index is 0.474. The molecule has 1 aliphatic rings. The highest BCUT2D eigenvalue weighted by Crippen LogP contribution is 2.26. The molecule has 1 atom stereocenters. The van der Waals surface area contributed by atoms with Gasteiger partial charge in [-0.3, -0.25) is 9.89 Å². The first kappa shape index (κ1) is 19.5. The number of benzene rings is 1. The molecule has 0 aliphatic heterocycles. The molecule has 25 heavy (non-hydrogen) atoms. The molecule has 0 aromatic heterocycles. The zero-order valence-electron chi connectivity index (χ0n) is 15.9. The van der Waals surface area contributed by atoms with Gasteiger partial charge in [0.1, 0.15) is 5.75 Å². The zero-order valence-corrected chi connectivity index (χ0v) is 15.9. The van der Waals surface area contributed by atoms with Crippen LogP contribution < -0.4 is 15.4 Å². The lowest BCUT2D eigenvalue weighted by atomic mass is 10.3. The fourth-order valence-electron chi connectivity index (χ4n) is 2.60. The number of anilines is 1. The average Bonchev–Trinajstić information content (AvgIpc) is 3.47. The molecule has 1 aromatic carbocycles. The van der Waals surface area contributed by atoms with E-state index in [-0.39, 0.29) is 0 Å². The van der Waals surface area contributed by atoms with E-state index in [9.17, 15) is 0 Å². The van der Waals surface area contributed by atoms with E-state index in [1.54, 1.807) is 14.2 Å². The maximum absolute atomic E-state index is 5.74. The molecule has 0 bridgehead atoms. The minimum Gasteiger partial charge on any atom is -0.493 e. The highest BCUT2D eigenvalue weighted by atomic mass is 16.5. The minimum atomic E-state index is 0.474. The summed E-state index contributed by atoms with van der Waals surface area (Å²) in [6.45, 7) is 4.46. The molecule has 0 saturated heterocycles. The molecule has 0 spiro atoms. The third-order valence-corrected chi connectivity index (χ3v) is 4.46. The Kier molecular flexibility index (Phi) is 8.01. The number of methoxy groups -OCH3 is 1. The van der Waals surface area contributed by atoms with Crippen LogP contribution in [-0.4, -0.2) is 63.9 Å². The van der Waals surface area contributed by atoms with Crippen molar-refractivity contribution in [2.45, 2.75) is 38.3 Å². The van der Waals surface area contributed by atoms with Crippen LogP contribution in [0.3, 0.4) is 0 Å². The van der Waals surface area contributed by atoms with Crippen LogP contribution >= 0.6 is 0 Å². The van der Waals surface area contributed by atoms with Crippen LogP contribution in [0.4, 0.5) is 5.69 Å². The van der Waals surface area contributed by atoms with Crippen LogP contribution in [0.15, 0.2) is 29.3 Å². The number of aliphatic imine (C=N–C) groups is 1. The summed E-state index contributed by atoms with van der Waals surface area (Å²) >= 11 is 0. The van der Waals surface area contributed by atoms with Gasteiger partial charge in [0.2, 0.25) is 0 Å². The predicted molar refractivity (Wildman–Crippen MR) is 104 cm³/mol. The van der Waals surface area contributed by atoms with Crippen LogP contribution in [0.2, 0.25) is 0 Å². The smallest absolute Gasteiger partial charge is 0.195 e. The number of hydrogen-bond donors (Lipinski definition) is 2. The fraction of sp³-hybridized carbons (Fsp3) is 0.632. The second kappa shape index (κ2) is 10.3. The second-order valence-electron chi connectivity index (χ2n) is 6.55. The molecule has 2 rings (SSSR count). The van der Waals surface area contributed by atoms with Gasteiger partial charge in [0.15, 0.2) is 5.96 Å². The summed E-state index contributed by atoms with van der Waals surface area (Å²) in [4.78, 5) is 6.75. The van der Waals surface area contributed by atoms with Crippen molar-refractivity contribution in [3.63, 3.8) is 0 Å². The van der Waals surface area contributed by atoms with Gasteiger partial charge < -0.3 is 20.1 Å². The van der Waals surface area contributed by atoms with Crippen molar-refractivity contribution in [3.8, 4) is 5.75 Å². The number of nitrogens with zero attached hydrogens (tertiary/aromatic N) is 2. The van der Waals surface area contributed by atoms with Gasteiger partial charge in [-0.05, 0) is 38.9 Å². The number of hydrogen-bond acceptors (Lipinski definition) is 4. The molecule has 140 valence electrons. The molecule has 1 unspecified atom stereocenters. The Morgan fingerprint density at radius 2 is 2.16 bits per heavy atom. The Balaban J connectivity index is 1.79. The second-order valence-corrected chi connectivity index (χ2v) is 6.55. The van der Waals surface area contributed by atoms with E-state index in [4.69, 9.17) is 9.47 Å². The molecule has 6 heteroatoms. The lowest BCUT2D eigenvalue weighted by Gasteiger charge is -2.25. The summed E-state index contributed by atoms with van der Waals surface area (Å²) in [5.74, 6) is 1.62. The first-order chi connectivity index (χ1) is 12.1. The molecule has 0 heterocycles. The van der Waals surface area contributed by atoms with Gasteiger partial charge in [0, 0.05) is 57.6 Å². The number of ether oxygens (including phenoxy) is 2. The lowest BCUT2D eigenvalue weighted by molar-refractivity contribution is 0.172. The average molecular weight is 348 g/mol. The Labute approximate surface area is 151 Å². The topological polar surface area (TPSA) is 58.1 Å². The fourth-order valence-corrected chi connectivity index (χ4v) is 2.60. The van der Waals surface area contributed by atoms with Gasteiger partial charge >= 0.3 is 0 Å². The Hall–Kier alpha value is -1.79. The lowest BCUT2D eigenvalue weighted by Crippen LogP contribution is -2.43. The van der Waals surface area contributed by atoms with Gasteiger partial charge in [-0.25, -0.2) is 0 Å². The predicted octanol–water partition coefficient (Wildman–Crippen LogP) is 2.57. The molecule has 1 fully saturated rings. The van der Waals surface area contributed by atoms with Crippen molar-refractivity contribution in [2.75, 3.05) is 46.3 Å². The first-order valence-electron chi connectivity index (χ1n) is 9.05. The Morgan fingerprint density at radius 1 is 1.36 bits per heavy atom. The van der Waals surface area contributed by atoms with Crippen molar-refractivity contribution in [3.05, 3.63) is 24.3 Å². The molecular formula is C19H32N4O2. The molecule has 1 saturated carbocycles. The third-order valence-electron chi connectivity index (χ3n) is 4.46. The largest absolute Gasteiger partial charge is 0.493 e. The molecule has 0 radical (unpaired) electrons. The number of likely N-dealkylation sites (N-methyl/N-ethyl adjacent to an activating group) is 1. The molecule has 0 amide bonds. The van der Waals surface area contributed by atoms with Crippen molar-refractivity contribution >= 4 is 11.6 Å². The summed E-state index contributed by atoms with van der Waals surface area (Å²) in [5, 5.41) is 6.73. The van der Waals surface area contributed by atoms with Crippen LogP contribution in [0.1, 0.15) is 26.2 Å². The molecular weight excluding hydrogens is 316 g/mol. The summed E-state index contributed by atoms with van der Waals surface area (Å²) in [7, 11) is 5.69. The van der Waals surface area contributed by atoms with Gasteiger partial charge in [0.05, 0.1) is 6.61 Å². The van der Waals surface area contributed by atoms with E-state index < -0.39 is 0 Å². The molecule has 1 aromatic rings. The molecule has 1 aliphatic carbocycles. The van der Waals surface area contributed by atoms with Crippen LogP contribution in [0, 0.1) is 0 Å². The number of guanidine groups is 1. The zero-order chi connectivity index (χ0) is 18.1. The van der Waals surface area contributed by atoms with Gasteiger partial charge in [-0.15, -0.1) is 0 Å². The summed E-state index contributed by atoms with van der Waals surface area (Å²) in [5.41, 5.74) is 0.959. The van der Waals surface area contributed by atoms with E-state index >= 15 is 0 Å². The van der Waals surface area contributed by atoms with Crippen molar-refractivity contribution < 1.29 is 9.47 Å². The van der Waals surface area contributed by atoms with E-state index in [1.807, 2.05) is 24.3 Å². The standard InChI is InChI=1S/C19H32N4O2/c1-15(23(3)17-9-10-17)14-21-19(20-2)22-16-7-5-8-18(13-16)25-12-6-11-24-4/h5,7-8,13,15,17H,6,9-12,14H2,1-4H3,(H2,20,21,22). The first-order valence-corrected chi connectivity index (χ1v) is 9.05. The van der Waals surface area contributed by atoms with Gasteiger partial charge in [-0.2, -0.15) is 0 Å². The Morgan fingerprint density at radius 3 is 2.84 bits per heavy atom. The maximum atomic E-state index is 5.74. The van der Waals surface area contributed by atoms with E-state index in [0.29, 0.717) is 19.3 Å². The van der Waals surface area contributed by atoms with Crippen molar-refractivity contribution in [1.29, 1.82) is 0 Å². The van der Waals surface area contributed by atoms with E-state index in [2.05, 4.69) is 34.5 Å². The third kappa shape index (κ3) is 6.92. The summed E-state index contributed by atoms with van der Waals surface area (Å²) < 4.78 is 10.8. The van der Waals surface area contributed by atoms with Crippen molar-refractivity contribution in [1.82, 2.24) is 10.2 Å². The summed E-state index contributed by atoms with van der Waals surface area (Å²) in [6.07, 6.45) is 3.53. The van der Waals surface area contributed by atoms with Crippen LogP contribution in [-0.2, 0) is 4.74 Å². The SMILES string of the molecule is CN=C(NCC(C)N(C)C1CC1)Nc1cccc(OCCCOC)c1. The normalized spacial score (nSPS) is 16.0. The quantitative estimate of drug-likeness (QED) is 0.387. The maximum Gasteiger partial charge on any atom is 0.195 e. The van der Waals surface area contributed by atoms with Crippen LogP contribution in [0.25, 0.3) is 0 Å². The Bertz CT molecular complexity index is 546.